The Morgan fingerprint density at radius 1 is 1.11 bits per heavy atom. The zero-order valence-corrected chi connectivity index (χ0v) is 15.6. The Hall–Kier alpha value is -3.08. The standard InChI is InChI=1S/C22H22N4O/c1-3-5-22(27)26-21(14-19(25-26)16-7-4-6-15(2)12-16)17-8-9-18-20(13-17)24-11-10-23-18/h4,6-13,21H,3,5,14H2,1-2H3/t21-/m0/s1. The van der Waals surface area contributed by atoms with Gasteiger partial charge in [-0.1, -0.05) is 42.8 Å². The van der Waals surface area contributed by atoms with Crippen LogP contribution in [0.2, 0.25) is 0 Å². The van der Waals surface area contributed by atoms with Gasteiger partial charge in [-0.3, -0.25) is 14.8 Å². The maximum atomic E-state index is 12.7. The molecule has 0 bridgehead atoms. The Kier molecular flexibility index (Phi) is 4.67. The molecule has 0 saturated carbocycles. The lowest BCUT2D eigenvalue weighted by molar-refractivity contribution is -0.133. The fraction of sp³-hybridized carbons (Fsp3) is 0.273. The molecule has 0 spiro atoms. The lowest BCUT2D eigenvalue weighted by Gasteiger charge is -2.22. The Balaban J connectivity index is 1.72. The first-order valence-electron chi connectivity index (χ1n) is 9.33. The minimum Gasteiger partial charge on any atom is -0.273 e. The van der Waals surface area contributed by atoms with Gasteiger partial charge in [0.15, 0.2) is 0 Å². The van der Waals surface area contributed by atoms with Gasteiger partial charge in [0.2, 0.25) is 5.91 Å². The average Bonchev–Trinajstić information content (AvgIpc) is 3.13. The fourth-order valence-corrected chi connectivity index (χ4v) is 3.51. The maximum Gasteiger partial charge on any atom is 0.243 e. The number of fused-ring (bicyclic) bond motifs is 1. The van der Waals surface area contributed by atoms with E-state index < -0.39 is 0 Å². The Bertz CT molecular complexity index is 1030. The zero-order chi connectivity index (χ0) is 18.8. The van der Waals surface area contributed by atoms with Crippen molar-refractivity contribution in [3.05, 3.63) is 71.5 Å². The van der Waals surface area contributed by atoms with Gasteiger partial charge in [0.05, 0.1) is 22.8 Å². The summed E-state index contributed by atoms with van der Waals surface area (Å²) in [6.07, 6.45) is 5.38. The molecule has 0 fully saturated rings. The van der Waals surface area contributed by atoms with E-state index in [1.54, 1.807) is 17.4 Å². The van der Waals surface area contributed by atoms with E-state index in [9.17, 15) is 4.79 Å². The summed E-state index contributed by atoms with van der Waals surface area (Å²) < 4.78 is 0. The van der Waals surface area contributed by atoms with Crippen molar-refractivity contribution in [2.24, 2.45) is 5.10 Å². The molecule has 1 aliphatic heterocycles. The number of rotatable bonds is 4. The number of hydrogen-bond acceptors (Lipinski definition) is 4. The van der Waals surface area contributed by atoms with Crippen LogP contribution in [-0.2, 0) is 4.79 Å². The highest BCUT2D eigenvalue weighted by molar-refractivity contribution is 6.03. The largest absolute Gasteiger partial charge is 0.273 e. The predicted octanol–water partition coefficient (Wildman–Crippen LogP) is 4.42. The van der Waals surface area contributed by atoms with Crippen LogP contribution >= 0.6 is 0 Å². The number of benzene rings is 2. The van der Waals surface area contributed by atoms with E-state index in [4.69, 9.17) is 5.10 Å². The van der Waals surface area contributed by atoms with Crippen LogP contribution in [0.25, 0.3) is 11.0 Å². The molecular formula is C22H22N4O. The topological polar surface area (TPSA) is 58.5 Å². The van der Waals surface area contributed by atoms with E-state index in [0.717, 1.165) is 34.3 Å². The molecule has 3 aromatic rings. The van der Waals surface area contributed by atoms with Crippen molar-refractivity contribution < 1.29 is 4.79 Å². The highest BCUT2D eigenvalue weighted by atomic mass is 16.2. The van der Waals surface area contributed by atoms with Gasteiger partial charge < -0.3 is 0 Å². The summed E-state index contributed by atoms with van der Waals surface area (Å²) in [5.41, 5.74) is 5.94. The summed E-state index contributed by atoms with van der Waals surface area (Å²) in [5.74, 6) is 0.0596. The molecule has 0 aliphatic carbocycles. The van der Waals surface area contributed by atoms with Gasteiger partial charge in [-0.25, -0.2) is 5.01 Å². The molecule has 0 N–H and O–H groups in total. The Morgan fingerprint density at radius 3 is 2.70 bits per heavy atom. The smallest absolute Gasteiger partial charge is 0.243 e. The molecule has 2 aromatic carbocycles. The summed E-state index contributed by atoms with van der Waals surface area (Å²) in [6.45, 7) is 4.08. The first-order chi connectivity index (χ1) is 13.2. The number of carbonyl (C=O) groups is 1. The van der Waals surface area contributed by atoms with E-state index in [-0.39, 0.29) is 11.9 Å². The first kappa shape index (κ1) is 17.3. The molecule has 0 radical (unpaired) electrons. The van der Waals surface area contributed by atoms with E-state index in [0.29, 0.717) is 12.8 Å². The van der Waals surface area contributed by atoms with Crippen LogP contribution in [0.4, 0.5) is 0 Å². The van der Waals surface area contributed by atoms with Crippen LogP contribution < -0.4 is 0 Å². The molecule has 27 heavy (non-hydrogen) atoms. The van der Waals surface area contributed by atoms with Crippen molar-refractivity contribution in [2.75, 3.05) is 0 Å². The quantitative estimate of drug-likeness (QED) is 0.694. The second-order valence-corrected chi connectivity index (χ2v) is 6.93. The molecule has 1 amide bonds. The molecule has 1 atom stereocenters. The van der Waals surface area contributed by atoms with E-state index in [2.05, 4.69) is 35.1 Å². The third kappa shape index (κ3) is 3.45. The number of amides is 1. The van der Waals surface area contributed by atoms with Crippen LogP contribution in [0.15, 0.2) is 60.0 Å². The average molecular weight is 358 g/mol. The molecule has 5 nitrogen and oxygen atoms in total. The van der Waals surface area contributed by atoms with Gasteiger partial charge in [-0.15, -0.1) is 0 Å². The Morgan fingerprint density at radius 2 is 1.93 bits per heavy atom. The first-order valence-corrected chi connectivity index (χ1v) is 9.33. The molecule has 5 heteroatoms. The number of hydrogen-bond donors (Lipinski definition) is 0. The third-order valence-corrected chi connectivity index (χ3v) is 4.86. The second kappa shape index (κ2) is 7.27. The summed E-state index contributed by atoms with van der Waals surface area (Å²) in [5, 5.41) is 6.39. The molecular weight excluding hydrogens is 336 g/mol. The van der Waals surface area contributed by atoms with Gasteiger partial charge in [-0.2, -0.15) is 5.10 Å². The van der Waals surface area contributed by atoms with E-state index >= 15 is 0 Å². The monoisotopic (exact) mass is 358 g/mol. The predicted molar refractivity (Wildman–Crippen MR) is 106 cm³/mol. The highest BCUT2D eigenvalue weighted by Gasteiger charge is 2.32. The Labute approximate surface area is 158 Å². The second-order valence-electron chi connectivity index (χ2n) is 6.93. The molecule has 136 valence electrons. The molecule has 4 rings (SSSR count). The van der Waals surface area contributed by atoms with Crippen LogP contribution in [0, 0.1) is 6.92 Å². The molecule has 1 aromatic heterocycles. The SMILES string of the molecule is CCCC(=O)N1N=C(c2cccc(C)c2)C[C@H]1c1ccc2nccnc2c1. The molecule has 0 saturated heterocycles. The molecule has 0 unspecified atom stereocenters. The zero-order valence-electron chi connectivity index (χ0n) is 15.6. The van der Waals surface area contributed by atoms with E-state index in [1.807, 2.05) is 31.2 Å². The maximum absolute atomic E-state index is 12.7. The van der Waals surface area contributed by atoms with Crippen LogP contribution in [0.1, 0.15) is 48.9 Å². The highest BCUT2D eigenvalue weighted by Crippen LogP contribution is 2.34. The van der Waals surface area contributed by atoms with Gasteiger partial charge >= 0.3 is 0 Å². The minimum atomic E-state index is -0.106. The fourth-order valence-electron chi connectivity index (χ4n) is 3.51. The van der Waals surface area contributed by atoms with Gasteiger partial charge in [-0.05, 0) is 36.6 Å². The van der Waals surface area contributed by atoms with Crippen LogP contribution in [0.3, 0.4) is 0 Å². The summed E-state index contributed by atoms with van der Waals surface area (Å²) in [6, 6.07) is 14.2. The van der Waals surface area contributed by atoms with Gasteiger partial charge in [0.25, 0.3) is 0 Å². The summed E-state index contributed by atoms with van der Waals surface area (Å²) in [7, 11) is 0. The third-order valence-electron chi connectivity index (χ3n) is 4.86. The number of nitrogens with zero attached hydrogens (tertiary/aromatic N) is 4. The minimum absolute atomic E-state index is 0.0596. The molecule has 1 aliphatic rings. The van der Waals surface area contributed by atoms with Crippen molar-refractivity contribution >= 4 is 22.7 Å². The van der Waals surface area contributed by atoms with Crippen molar-refractivity contribution in [2.45, 2.75) is 39.2 Å². The normalized spacial score (nSPS) is 16.6. The van der Waals surface area contributed by atoms with Crippen molar-refractivity contribution in [3.8, 4) is 0 Å². The number of aromatic nitrogens is 2. The van der Waals surface area contributed by atoms with Gasteiger partial charge in [0.1, 0.15) is 0 Å². The number of hydrazone groups is 1. The van der Waals surface area contributed by atoms with Crippen molar-refractivity contribution in [1.29, 1.82) is 0 Å². The van der Waals surface area contributed by atoms with Gasteiger partial charge in [0, 0.05) is 25.2 Å². The lowest BCUT2D eigenvalue weighted by atomic mass is 9.97. The lowest BCUT2D eigenvalue weighted by Crippen LogP contribution is -2.26. The van der Waals surface area contributed by atoms with Crippen molar-refractivity contribution in [1.82, 2.24) is 15.0 Å². The number of carbonyl (C=O) groups excluding carboxylic acids is 1. The number of aryl methyl sites for hydroxylation is 1. The molecule has 2 heterocycles. The van der Waals surface area contributed by atoms with E-state index in [1.165, 1.54) is 5.56 Å². The summed E-state index contributed by atoms with van der Waals surface area (Å²) >= 11 is 0. The summed E-state index contributed by atoms with van der Waals surface area (Å²) in [4.78, 5) is 21.5. The van der Waals surface area contributed by atoms with Crippen LogP contribution in [-0.4, -0.2) is 26.6 Å². The van der Waals surface area contributed by atoms with Crippen LogP contribution in [0.5, 0.6) is 0 Å². The van der Waals surface area contributed by atoms with Crippen molar-refractivity contribution in [3.63, 3.8) is 0 Å².